The second kappa shape index (κ2) is 6.07. The smallest absolute Gasteiger partial charge is 0.291 e. The molecule has 0 aliphatic carbocycles. The highest BCUT2D eigenvalue weighted by atomic mass is 35.5. The second-order valence-electron chi connectivity index (χ2n) is 4.59. The van der Waals surface area contributed by atoms with Crippen LogP contribution in [0.25, 0.3) is 11.0 Å². The van der Waals surface area contributed by atoms with Gasteiger partial charge in [-0.15, -0.1) is 10.2 Å². The van der Waals surface area contributed by atoms with Gasteiger partial charge in [0.25, 0.3) is 5.91 Å². The number of halogens is 1. The molecule has 2 heterocycles. The summed E-state index contributed by atoms with van der Waals surface area (Å²) in [6.07, 6.45) is 1.70. The van der Waals surface area contributed by atoms with Crippen LogP contribution in [0.15, 0.2) is 30.5 Å². The normalized spacial score (nSPS) is 10.8. The Hall–Kier alpha value is -2.54. The molecule has 2 aromatic heterocycles. The van der Waals surface area contributed by atoms with Gasteiger partial charge in [-0.05, 0) is 31.2 Å². The number of carbonyl (C=O) groups excluding carboxylic acids is 1. The van der Waals surface area contributed by atoms with Gasteiger partial charge < -0.3 is 5.32 Å². The first-order valence-electron chi connectivity index (χ1n) is 6.76. The minimum absolute atomic E-state index is 0.0114. The zero-order valence-electron chi connectivity index (χ0n) is 11.8. The van der Waals surface area contributed by atoms with Crippen LogP contribution in [-0.4, -0.2) is 30.9 Å². The number of aromatic nitrogens is 5. The Kier molecular flexibility index (Phi) is 3.97. The van der Waals surface area contributed by atoms with Crippen molar-refractivity contribution in [3.05, 3.63) is 47.0 Å². The fraction of sp³-hybridized carbons (Fsp3) is 0.214. The summed E-state index contributed by atoms with van der Waals surface area (Å²) in [5, 5.41) is 15.2. The summed E-state index contributed by atoms with van der Waals surface area (Å²) < 4.78 is 1.81. The maximum Gasteiger partial charge on any atom is 0.291 e. The van der Waals surface area contributed by atoms with Crippen molar-refractivity contribution in [2.24, 2.45) is 0 Å². The SMILES string of the molecule is CCn1nccc1CNC(=O)c1nnc2ccc(Cl)cc2n1. The van der Waals surface area contributed by atoms with Crippen molar-refractivity contribution in [1.82, 2.24) is 30.3 Å². The zero-order chi connectivity index (χ0) is 15.5. The van der Waals surface area contributed by atoms with Crippen molar-refractivity contribution in [3.63, 3.8) is 0 Å². The monoisotopic (exact) mass is 316 g/mol. The topological polar surface area (TPSA) is 85.6 Å². The molecule has 112 valence electrons. The minimum Gasteiger partial charge on any atom is -0.344 e. The molecule has 8 heteroatoms. The molecule has 1 N–H and O–H groups in total. The van der Waals surface area contributed by atoms with Gasteiger partial charge in [-0.2, -0.15) is 5.10 Å². The molecule has 0 bridgehead atoms. The summed E-state index contributed by atoms with van der Waals surface area (Å²) >= 11 is 5.91. The number of amides is 1. The summed E-state index contributed by atoms with van der Waals surface area (Å²) in [6, 6.07) is 6.91. The van der Waals surface area contributed by atoms with E-state index in [1.54, 1.807) is 29.1 Å². The highest BCUT2D eigenvalue weighted by molar-refractivity contribution is 6.31. The van der Waals surface area contributed by atoms with Crippen LogP contribution in [0, 0.1) is 0 Å². The molecule has 1 amide bonds. The maximum atomic E-state index is 12.1. The maximum absolute atomic E-state index is 12.1. The van der Waals surface area contributed by atoms with Crippen LogP contribution in [0.4, 0.5) is 0 Å². The first-order valence-corrected chi connectivity index (χ1v) is 7.14. The Balaban J connectivity index is 1.77. The Morgan fingerprint density at radius 3 is 2.95 bits per heavy atom. The van der Waals surface area contributed by atoms with Crippen LogP contribution < -0.4 is 5.32 Å². The Labute approximate surface area is 131 Å². The van der Waals surface area contributed by atoms with Crippen molar-refractivity contribution in [1.29, 1.82) is 0 Å². The zero-order valence-corrected chi connectivity index (χ0v) is 12.6. The van der Waals surface area contributed by atoms with Gasteiger partial charge in [0.05, 0.1) is 17.8 Å². The molecule has 0 atom stereocenters. The molecule has 1 aromatic carbocycles. The number of carbonyl (C=O) groups is 1. The largest absolute Gasteiger partial charge is 0.344 e. The van der Waals surface area contributed by atoms with E-state index < -0.39 is 5.91 Å². The van der Waals surface area contributed by atoms with Crippen molar-refractivity contribution < 1.29 is 4.79 Å². The number of benzene rings is 1. The molecule has 7 nitrogen and oxygen atoms in total. The van der Waals surface area contributed by atoms with Gasteiger partial charge in [-0.25, -0.2) is 4.98 Å². The lowest BCUT2D eigenvalue weighted by Gasteiger charge is -2.06. The Bertz CT molecular complexity index is 831. The fourth-order valence-electron chi connectivity index (χ4n) is 2.05. The standard InChI is InChI=1S/C14H13ClN6O/c1-2-21-10(5-6-17-21)8-16-14(22)13-18-12-7-9(15)3-4-11(12)19-20-13/h3-7H,2,8H2,1H3,(H,16,22). The summed E-state index contributed by atoms with van der Waals surface area (Å²) in [5.74, 6) is -0.379. The number of fused-ring (bicyclic) bond motifs is 1. The van der Waals surface area contributed by atoms with Gasteiger partial charge in [0.2, 0.25) is 5.82 Å². The van der Waals surface area contributed by atoms with Crippen molar-refractivity contribution >= 4 is 28.5 Å². The van der Waals surface area contributed by atoms with E-state index in [2.05, 4.69) is 25.6 Å². The van der Waals surface area contributed by atoms with Crippen LogP contribution in [0.2, 0.25) is 5.02 Å². The summed E-state index contributed by atoms with van der Waals surface area (Å²) in [7, 11) is 0. The number of rotatable bonds is 4. The average molecular weight is 317 g/mol. The van der Waals surface area contributed by atoms with Gasteiger partial charge in [0.1, 0.15) is 5.52 Å². The molecule has 0 radical (unpaired) electrons. The molecule has 0 saturated carbocycles. The molecule has 3 aromatic rings. The quantitative estimate of drug-likeness (QED) is 0.793. The van der Waals surface area contributed by atoms with E-state index in [1.807, 2.05) is 13.0 Å². The van der Waals surface area contributed by atoms with Gasteiger partial charge in [0.15, 0.2) is 0 Å². The van der Waals surface area contributed by atoms with E-state index in [0.717, 1.165) is 12.2 Å². The van der Waals surface area contributed by atoms with Gasteiger partial charge in [-0.3, -0.25) is 9.48 Å². The highest BCUT2D eigenvalue weighted by Gasteiger charge is 2.12. The van der Waals surface area contributed by atoms with Crippen LogP contribution in [-0.2, 0) is 13.1 Å². The van der Waals surface area contributed by atoms with E-state index in [1.165, 1.54) is 0 Å². The molecular weight excluding hydrogens is 304 g/mol. The second-order valence-corrected chi connectivity index (χ2v) is 5.03. The Morgan fingerprint density at radius 2 is 2.14 bits per heavy atom. The number of nitrogens with one attached hydrogen (secondary N) is 1. The van der Waals surface area contributed by atoms with E-state index in [9.17, 15) is 4.79 Å². The molecule has 0 aliphatic heterocycles. The molecule has 3 rings (SSSR count). The molecule has 0 spiro atoms. The molecule has 22 heavy (non-hydrogen) atoms. The van der Waals surface area contributed by atoms with E-state index in [-0.39, 0.29) is 5.82 Å². The highest BCUT2D eigenvalue weighted by Crippen LogP contribution is 2.15. The molecule has 0 fully saturated rings. The van der Waals surface area contributed by atoms with Gasteiger partial charge in [-0.1, -0.05) is 11.6 Å². The molecular formula is C14H13ClN6O. The van der Waals surface area contributed by atoms with Crippen LogP contribution in [0.3, 0.4) is 0 Å². The van der Waals surface area contributed by atoms with Crippen LogP contribution >= 0.6 is 11.6 Å². The number of nitrogens with zero attached hydrogens (tertiary/aromatic N) is 5. The first kappa shape index (κ1) is 14.4. The van der Waals surface area contributed by atoms with Gasteiger partial charge >= 0.3 is 0 Å². The van der Waals surface area contributed by atoms with Crippen LogP contribution in [0.1, 0.15) is 23.2 Å². The molecule has 0 saturated heterocycles. The number of aryl methyl sites for hydroxylation is 1. The van der Waals surface area contributed by atoms with Crippen molar-refractivity contribution in [2.75, 3.05) is 0 Å². The average Bonchev–Trinajstić information content (AvgIpc) is 2.99. The predicted octanol–water partition coefficient (Wildman–Crippen LogP) is 1.82. The van der Waals surface area contributed by atoms with Crippen LogP contribution in [0.5, 0.6) is 0 Å². The summed E-state index contributed by atoms with van der Waals surface area (Å²) in [5.41, 5.74) is 2.03. The third-order valence-electron chi connectivity index (χ3n) is 3.15. The number of hydrogen-bond donors (Lipinski definition) is 1. The van der Waals surface area contributed by atoms with Gasteiger partial charge in [0, 0.05) is 17.8 Å². The predicted molar refractivity (Wildman–Crippen MR) is 81.4 cm³/mol. The Morgan fingerprint density at radius 1 is 1.27 bits per heavy atom. The summed E-state index contributed by atoms with van der Waals surface area (Å²) in [4.78, 5) is 16.3. The van der Waals surface area contributed by atoms with E-state index in [4.69, 9.17) is 11.6 Å². The lowest BCUT2D eigenvalue weighted by molar-refractivity contribution is 0.0938. The first-order chi connectivity index (χ1) is 10.7. The van der Waals surface area contributed by atoms with Crippen molar-refractivity contribution in [2.45, 2.75) is 20.0 Å². The molecule has 0 unspecified atom stereocenters. The third-order valence-corrected chi connectivity index (χ3v) is 3.39. The summed E-state index contributed by atoms with van der Waals surface area (Å²) in [6.45, 7) is 3.08. The lowest BCUT2D eigenvalue weighted by atomic mass is 10.3. The molecule has 0 aliphatic rings. The van der Waals surface area contributed by atoms with E-state index in [0.29, 0.717) is 22.6 Å². The third kappa shape index (κ3) is 2.89. The minimum atomic E-state index is -0.391. The fourth-order valence-corrected chi connectivity index (χ4v) is 2.22. The lowest BCUT2D eigenvalue weighted by Crippen LogP contribution is -2.26. The number of hydrogen-bond acceptors (Lipinski definition) is 5. The van der Waals surface area contributed by atoms with Crippen molar-refractivity contribution in [3.8, 4) is 0 Å². The van der Waals surface area contributed by atoms with E-state index >= 15 is 0 Å².